The fourth-order valence-corrected chi connectivity index (χ4v) is 2.69. The van der Waals surface area contributed by atoms with Gasteiger partial charge in [-0.3, -0.25) is 9.89 Å². The topological polar surface area (TPSA) is 82.2 Å². The van der Waals surface area contributed by atoms with Gasteiger partial charge in [-0.2, -0.15) is 10.1 Å². The number of aromatic nitrogens is 2. The van der Waals surface area contributed by atoms with Gasteiger partial charge >= 0.3 is 0 Å². The second kappa shape index (κ2) is 8.62. The normalized spacial score (nSPS) is 12.0. The average Bonchev–Trinajstić information content (AvgIpc) is 3.08. The van der Waals surface area contributed by atoms with Crippen LogP contribution in [-0.4, -0.2) is 27.6 Å². The molecule has 0 unspecified atom stereocenters. The molecule has 1 amide bonds. The summed E-state index contributed by atoms with van der Waals surface area (Å²) >= 11 is 5.86. The Morgan fingerprint density at radius 3 is 2.30 bits per heavy atom. The van der Waals surface area contributed by atoms with Crippen molar-refractivity contribution in [1.29, 1.82) is 0 Å². The standard InChI is InChI=1S/C21H20ClF2N5O/c1-21(2,3)27-20(26-19(30)12-4-6-14(22)7-5-12)25-18-11-17(28-29-18)13-8-15(23)10-16(24)9-13/h4-11H,1-3H3,(H3,25,26,27,28,29,30). The molecule has 3 rings (SSSR count). The van der Waals surface area contributed by atoms with Gasteiger partial charge in [0.15, 0.2) is 0 Å². The summed E-state index contributed by atoms with van der Waals surface area (Å²) in [7, 11) is 0. The third-order valence-corrected chi connectivity index (χ3v) is 4.04. The van der Waals surface area contributed by atoms with E-state index in [1.807, 2.05) is 20.8 Å². The van der Waals surface area contributed by atoms with Gasteiger partial charge in [0.05, 0.1) is 5.69 Å². The first-order valence-electron chi connectivity index (χ1n) is 9.05. The lowest BCUT2D eigenvalue weighted by Crippen LogP contribution is -2.44. The molecule has 9 heteroatoms. The Kier molecular flexibility index (Phi) is 6.17. The molecule has 0 fully saturated rings. The van der Waals surface area contributed by atoms with Crippen LogP contribution in [0, 0.1) is 11.6 Å². The smallest absolute Gasteiger partial charge is 0.280 e. The van der Waals surface area contributed by atoms with Crippen molar-refractivity contribution in [3.05, 3.63) is 70.8 Å². The first-order chi connectivity index (χ1) is 14.1. The lowest BCUT2D eigenvalue weighted by atomic mass is 10.1. The van der Waals surface area contributed by atoms with E-state index >= 15 is 0 Å². The van der Waals surface area contributed by atoms with Gasteiger partial charge in [0.2, 0.25) is 5.96 Å². The minimum absolute atomic E-state index is 0.183. The molecule has 0 atom stereocenters. The average molecular weight is 432 g/mol. The zero-order valence-corrected chi connectivity index (χ0v) is 17.3. The van der Waals surface area contributed by atoms with Crippen LogP contribution in [0.25, 0.3) is 11.3 Å². The molecule has 6 nitrogen and oxygen atoms in total. The number of guanidine groups is 1. The number of amides is 1. The number of halogens is 3. The molecule has 3 N–H and O–H groups in total. The van der Waals surface area contributed by atoms with E-state index < -0.39 is 23.1 Å². The maximum atomic E-state index is 13.5. The van der Waals surface area contributed by atoms with E-state index in [0.717, 1.165) is 6.07 Å². The quantitative estimate of drug-likeness (QED) is 0.402. The molecule has 0 aliphatic carbocycles. The zero-order chi connectivity index (χ0) is 21.9. The number of carbonyl (C=O) groups is 1. The third kappa shape index (κ3) is 5.87. The number of nitrogens with one attached hydrogen (secondary N) is 3. The van der Waals surface area contributed by atoms with Crippen LogP contribution in [0.5, 0.6) is 0 Å². The highest BCUT2D eigenvalue weighted by Gasteiger charge is 2.16. The Morgan fingerprint density at radius 1 is 1.07 bits per heavy atom. The molecular weight excluding hydrogens is 412 g/mol. The van der Waals surface area contributed by atoms with Crippen LogP contribution in [0.15, 0.2) is 53.5 Å². The number of anilines is 1. The molecule has 1 heterocycles. The lowest BCUT2D eigenvalue weighted by Gasteiger charge is -2.23. The molecular formula is C21H20ClF2N5O. The molecule has 30 heavy (non-hydrogen) atoms. The van der Waals surface area contributed by atoms with E-state index in [1.165, 1.54) is 12.1 Å². The molecule has 156 valence electrons. The Balaban J connectivity index is 1.86. The highest BCUT2D eigenvalue weighted by Crippen LogP contribution is 2.22. The number of carbonyl (C=O) groups excluding carboxylic acids is 1. The predicted molar refractivity (Wildman–Crippen MR) is 114 cm³/mol. The van der Waals surface area contributed by atoms with E-state index in [9.17, 15) is 13.6 Å². The SMILES string of the molecule is CC(C)(C)N/C(=N/C(=O)c1ccc(Cl)cc1)Nc1cc(-c2cc(F)cc(F)c2)n[nH]1. The molecule has 0 saturated heterocycles. The van der Waals surface area contributed by atoms with Gasteiger partial charge in [-0.15, -0.1) is 0 Å². The number of rotatable bonds is 3. The van der Waals surface area contributed by atoms with Crippen LogP contribution < -0.4 is 10.6 Å². The molecule has 0 saturated carbocycles. The number of aliphatic imine (C=N–C) groups is 1. The second-order valence-electron chi connectivity index (χ2n) is 7.60. The molecule has 3 aromatic rings. The Labute approximate surface area is 177 Å². The van der Waals surface area contributed by atoms with Gasteiger partial charge in [0.25, 0.3) is 5.91 Å². The van der Waals surface area contributed by atoms with Gasteiger partial charge in [0, 0.05) is 33.8 Å². The fraction of sp³-hybridized carbons (Fsp3) is 0.190. The van der Waals surface area contributed by atoms with E-state index in [0.29, 0.717) is 22.1 Å². The second-order valence-corrected chi connectivity index (χ2v) is 8.03. The van der Waals surface area contributed by atoms with Crippen molar-refractivity contribution in [2.24, 2.45) is 4.99 Å². The van der Waals surface area contributed by atoms with Gasteiger partial charge in [-0.25, -0.2) is 8.78 Å². The number of hydrogen-bond donors (Lipinski definition) is 3. The van der Waals surface area contributed by atoms with Crippen molar-refractivity contribution in [1.82, 2.24) is 15.5 Å². The molecule has 0 radical (unpaired) electrons. The third-order valence-electron chi connectivity index (χ3n) is 3.79. The molecule has 0 spiro atoms. The summed E-state index contributed by atoms with van der Waals surface area (Å²) in [5.41, 5.74) is 0.571. The predicted octanol–water partition coefficient (Wildman–Crippen LogP) is 5.00. The fourth-order valence-electron chi connectivity index (χ4n) is 2.56. The van der Waals surface area contributed by atoms with Crippen LogP contribution in [0.3, 0.4) is 0 Å². The molecule has 0 aliphatic heterocycles. The molecule has 0 aliphatic rings. The lowest BCUT2D eigenvalue weighted by molar-refractivity contribution is 0.100. The summed E-state index contributed by atoms with van der Waals surface area (Å²) in [5, 5.41) is 13.4. The number of nitrogens with zero attached hydrogens (tertiary/aromatic N) is 2. The van der Waals surface area contributed by atoms with Crippen LogP contribution in [-0.2, 0) is 0 Å². The Morgan fingerprint density at radius 2 is 1.70 bits per heavy atom. The van der Waals surface area contributed by atoms with Crippen molar-refractivity contribution in [3.63, 3.8) is 0 Å². The van der Waals surface area contributed by atoms with E-state index in [1.54, 1.807) is 30.3 Å². The van der Waals surface area contributed by atoms with E-state index in [-0.39, 0.29) is 11.5 Å². The van der Waals surface area contributed by atoms with Crippen LogP contribution >= 0.6 is 11.6 Å². The highest BCUT2D eigenvalue weighted by molar-refractivity contribution is 6.30. The highest BCUT2D eigenvalue weighted by atomic mass is 35.5. The zero-order valence-electron chi connectivity index (χ0n) is 16.6. The Hall–Kier alpha value is -3.26. The largest absolute Gasteiger partial charge is 0.351 e. The van der Waals surface area contributed by atoms with Crippen molar-refractivity contribution >= 4 is 29.3 Å². The van der Waals surface area contributed by atoms with Crippen molar-refractivity contribution in [3.8, 4) is 11.3 Å². The number of aromatic amines is 1. The van der Waals surface area contributed by atoms with Gasteiger partial charge in [-0.1, -0.05) is 11.6 Å². The maximum absolute atomic E-state index is 13.5. The number of hydrogen-bond acceptors (Lipinski definition) is 2. The molecule has 0 bridgehead atoms. The summed E-state index contributed by atoms with van der Waals surface area (Å²) in [6, 6.07) is 11.1. The van der Waals surface area contributed by atoms with Crippen LogP contribution in [0.2, 0.25) is 5.02 Å². The van der Waals surface area contributed by atoms with Crippen LogP contribution in [0.4, 0.5) is 14.6 Å². The minimum Gasteiger partial charge on any atom is -0.351 e. The van der Waals surface area contributed by atoms with Gasteiger partial charge in [-0.05, 0) is 57.2 Å². The van der Waals surface area contributed by atoms with E-state index in [4.69, 9.17) is 11.6 Å². The van der Waals surface area contributed by atoms with Crippen molar-refractivity contribution in [2.45, 2.75) is 26.3 Å². The molecule has 2 aromatic carbocycles. The first kappa shape index (κ1) is 21.4. The monoisotopic (exact) mass is 431 g/mol. The summed E-state index contributed by atoms with van der Waals surface area (Å²) in [6.07, 6.45) is 0. The van der Waals surface area contributed by atoms with Crippen molar-refractivity contribution in [2.75, 3.05) is 5.32 Å². The van der Waals surface area contributed by atoms with E-state index in [2.05, 4.69) is 25.8 Å². The molecule has 1 aromatic heterocycles. The van der Waals surface area contributed by atoms with Gasteiger partial charge in [0.1, 0.15) is 17.5 Å². The summed E-state index contributed by atoms with van der Waals surface area (Å²) < 4.78 is 27.0. The number of H-pyrrole nitrogens is 1. The van der Waals surface area contributed by atoms with Crippen molar-refractivity contribution < 1.29 is 13.6 Å². The summed E-state index contributed by atoms with van der Waals surface area (Å²) in [6.45, 7) is 5.72. The summed E-state index contributed by atoms with van der Waals surface area (Å²) in [4.78, 5) is 16.6. The minimum atomic E-state index is -0.701. The maximum Gasteiger partial charge on any atom is 0.280 e. The first-order valence-corrected chi connectivity index (χ1v) is 9.42. The summed E-state index contributed by atoms with van der Waals surface area (Å²) in [5.74, 6) is -1.31. The van der Waals surface area contributed by atoms with Crippen LogP contribution in [0.1, 0.15) is 31.1 Å². The number of benzene rings is 2. The Bertz CT molecular complexity index is 1070. The van der Waals surface area contributed by atoms with Gasteiger partial charge < -0.3 is 10.6 Å².